The molecular weight excluding hydrogens is 216 g/mol. The van der Waals surface area contributed by atoms with E-state index in [1.807, 2.05) is 31.2 Å². The first-order valence-electron chi connectivity index (χ1n) is 5.81. The van der Waals surface area contributed by atoms with E-state index in [0.717, 1.165) is 17.7 Å². The van der Waals surface area contributed by atoms with Crippen LogP contribution in [-0.2, 0) is 16.0 Å². The largest absolute Gasteiger partial charge is 0.369 e. The molecule has 1 saturated heterocycles. The van der Waals surface area contributed by atoms with Gasteiger partial charge in [-0.05, 0) is 18.1 Å². The summed E-state index contributed by atoms with van der Waals surface area (Å²) in [6, 6.07) is 7.77. The van der Waals surface area contributed by atoms with Gasteiger partial charge in [-0.2, -0.15) is 0 Å². The number of hydrogen-bond acceptors (Lipinski definition) is 2. The third-order valence-electron chi connectivity index (χ3n) is 3.19. The van der Waals surface area contributed by atoms with Crippen molar-refractivity contribution < 1.29 is 9.59 Å². The Morgan fingerprint density at radius 2 is 2.18 bits per heavy atom. The van der Waals surface area contributed by atoms with E-state index in [0.29, 0.717) is 6.54 Å². The molecule has 1 aliphatic heterocycles. The SMILES string of the molecule is CCc1ccccc1N1C[C@@H](C(N)=O)CC1=O. The van der Waals surface area contributed by atoms with Crippen LogP contribution in [0.4, 0.5) is 5.69 Å². The number of nitrogens with zero attached hydrogens (tertiary/aromatic N) is 1. The van der Waals surface area contributed by atoms with E-state index < -0.39 is 5.91 Å². The molecule has 0 aromatic heterocycles. The van der Waals surface area contributed by atoms with Gasteiger partial charge in [0.15, 0.2) is 0 Å². The van der Waals surface area contributed by atoms with Gasteiger partial charge in [0.1, 0.15) is 0 Å². The van der Waals surface area contributed by atoms with Gasteiger partial charge in [0.25, 0.3) is 0 Å². The molecule has 1 heterocycles. The van der Waals surface area contributed by atoms with Crippen LogP contribution in [0.1, 0.15) is 18.9 Å². The topological polar surface area (TPSA) is 63.4 Å². The van der Waals surface area contributed by atoms with Gasteiger partial charge in [-0.1, -0.05) is 25.1 Å². The molecule has 0 radical (unpaired) electrons. The normalized spacial score (nSPS) is 19.7. The minimum absolute atomic E-state index is 0.0188. The van der Waals surface area contributed by atoms with E-state index in [-0.39, 0.29) is 18.2 Å². The van der Waals surface area contributed by atoms with Crippen molar-refractivity contribution in [2.24, 2.45) is 11.7 Å². The van der Waals surface area contributed by atoms with Crippen molar-refractivity contribution in [3.63, 3.8) is 0 Å². The van der Waals surface area contributed by atoms with Gasteiger partial charge in [-0.3, -0.25) is 9.59 Å². The van der Waals surface area contributed by atoms with E-state index in [2.05, 4.69) is 0 Å². The van der Waals surface area contributed by atoms with Gasteiger partial charge in [0, 0.05) is 18.7 Å². The monoisotopic (exact) mass is 232 g/mol. The summed E-state index contributed by atoms with van der Waals surface area (Å²) in [5, 5.41) is 0. The lowest BCUT2D eigenvalue weighted by molar-refractivity contribution is -0.123. The first kappa shape index (κ1) is 11.6. The highest BCUT2D eigenvalue weighted by Crippen LogP contribution is 2.28. The Labute approximate surface area is 100 Å². The highest BCUT2D eigenvalue weighted by Gasteiger charge is 2.34. The summed E-state index contributed by atoms with van der Waals surface area (Å²) in [5.74, 6) is -0.767. The van der Waals surface area contributed by atoms with Crippen molar-refractivity contribution in [1.29, 1.82) is 0 Å². The number of para-hydroxylation sites is 1. The fraction of sp³-hybridized carbons (Fsp3) is 0.385. The minimum atomic E-state index is -0.394. The molecule has 0 spiro atoms. The zero-order chi connectivity index (χ0) is 12.4. The predicted octanol–water partition coefficient (Wildman–Crippen LogP) is 1.09. The number of hydrogen-bond donors (Lipinski definition) is 1. The van der Waals surface area contributed by atoms with Crippen LogP contribution in [0.3, 0.4) is 0 Å². The maximum absolute atomic E-state index is 11.9. The number of amides is 2. The first-order chi connectivity index (χ1) is 8.13. The molecule has 0 saturated carbocycles. The molecule has 2 amide bonds. The standard InChI is InChI=1S/C13H16N2O2/c1-2-9-5-3-4-6-11(9)15-8-10(13(14)17)7-12(15)16/h3-6,10H,2,7-8H2,1H3,(H2,14,17)/t10-/m0/s1. The average Bonchev–Trinajstić information content (AvgIpc) is 2.71. The van der Waals surface area contributed by atoms with E-state index in [9.17, 15) is 9.59 Å². The van der Waals surface area contributed by atoms with Crippen LogP contribution in [0.15, 0.2) is 24.3 Å². The molecule has 1 aromatic carbocycles. The Bertz CT molecular complexity index is 456. The summed E-state index contributed by atoms with van der Waals surface area (Å²) in [7, 11) is 0. The number of rotatable bonds is 3. The third-order valence-corrected chi connectivity index (χ3v) is 3.19. The Morgan fingerprint density at radius 3 is 2.76 bits per heavy atom. The molecule has 0 bridgehead atoms. The summed E-state index contributed by atoms with van der Waals surface area (Å²) in [4.78, 5) is 24.7. The van der Waals surface area contributed by atoms with Crippen molar-refractivity contribution in [3.05, 3.63) is 29.8 Å². The third kappa shape index (κ3) is 2.16. The predicted molar refractivity (Wildman–Crippen MR) is 65.5 cm³/mol. The van der Waals surface area contributed by atoms with Gasteiger partial charge in [0.05, 0.1) is 5.92 Å². The number of nitrogens with two attached hydrogens (primary N) is 1. The Kier molecular flexibility index (Phi) is 3.13. The molecule has 0 aliphatic carbocycles. The van der Waals surface area contributed by atoms with Gasteiger partial charge in [-0.25, -0.2) is 0 Å². The van der Waals surface area contributed by atoms with Crippen LogP contribution < -0.4 is 10.6 Å². The Hall–Kier alpha value is -1.84. The molecule has 4 heteroatoms. The molecule has 90 valence electrons. The number of benzene rings is 1. The quantitative estimate of drug-likeness (QED) is 0.847. The van der Waals surface area contributed by atoms with Crippen LogP contribution in [0, 0.1) is 5.92 Å². The van der Waals surface area contributed by atoms with Gasteiger partial charge in [0.2, 0.25) is 11.8 Å². The lowest BCUT2D eigenvalue weighted by atomic mass is 10.1. The second kappa shape index (κ2) is 4.57. The summed E-state index contributed by atoms with van der Waals surface area (Å²) >= 11 is 0. The number of carbonyl (C=O) groups is 2. The van der Waals surface area contributed by atoms with Crippen LogP contribution in [-0.4, -0.2) is 18.4 Å². The molecule has 17 heavy (non-hydrogen) atoms. The second-order valence-electron chi connectivity index (χ2n) is 4.29. The molecule has 1 fully saturated rings. The van der Waals surface area contributed by atoms with Crippen LogP contribution in [0.5, 0.6) is 0 Å². The maximum atomic E-state index is 11.9. The van der Waals surface area contributed by atoms with E-state index >= 15 is 0 Å². The Balaban J connectivity index is 2.29. The van der Waals surface area contributed by atoms with E-state index in [1.165, 1.54) is 0 Å². The molecule has 1 atom stereocenters. The highest BCUT2D eigenvalue weighted by atomic mass is 16.2. The lowest BCUT2D eigenvalue weighted by Crippen LogP contribution is -2.29. The fourth-order valence-electron chi connectivity index (χ4n) is 2.20. The smallest absolute Gasteiger partial charge is 0.227 e. The molecule has 2 rings (SSSR count). The van der Waals surface area contributed by atoms with E-state index in [4.69, 9.17) is 5.73 Å². The molecule has 1 aromatic rings. The molecule has 4 nitrogen and oxygen atoms in total. The van der Waals surface area contributed by atoms with Crippen molar-refractivity contribution in [2.75, 3.05) is 11.4 Å². The van der Waals surface area contributed by atoms with Crippen molar-refractivity contribution >= 4 is 17.5 Å². The number of carbonyl (C=O) groups excluding carboxylic acids is 2. The molecular formula is C13H16N2O2. The first-order valence-corrected chi connectivity index (χ1v) is 5.81. The lowest BCUT2D eigenvalue weighted by Gasteiger charge is -2.19. The van der Waals surface area contributed by atoms with Crippen molar-refractivity contribution in [2.45, 2.75) is 19.8 Å². The summed E-state index contributed by atoms with van der Waals surface area (Å²) < 4.78 is 0. The van der Waals surface area contributed by atoms with Crippen LogP contribution in [0.25, 0.3) is 0 Å². The van der Waals surface area contributed by atoms with Gasteiger partial charge < -0.3 is 10.6 Å². The van der Waals surface area contributed by atoms with Crippen LogP contribution >= 0.6 is 0 Å². The highest BCUT2D eigenvalue weighted by molar-refractivity contribution is 6.00. The van der Waals surface area contributed by atoms with Gasteiger partial charge >= 0.3 is 0 Å². The molecule has 0 unspecified atom stereocenters. The summed E-state index contributed by atoms with van der Waals surface area (Å²) in [6.07, 6.45) is 1.09. The fourth-order valence-corrected chi connectivity index (χ4v) is 2.20. The summed E-state index contributed by atoms with van der Waals surface area (Å²) in [6.45, 7) is 2.45. The second-order valence-corrected chi connectivity index (χ2v) is 4.29. The average molecular weight is 232 g/mol. The molecule has 1 aliphatic rings. The summed E-state index contributed by atoms with van der Waals surface area (Å²) in [5.41, 5.74) is 7.28. The zero-order valence-electron chi connectivity index (χ0n) is 9.85. The minimum Gasteiger partial charge on any atom is -0.369 e. The number of primary amides is 1. The Morgan fingerprint density at radius 1 is 1.47 bits per heavy atom. The van der Waals surface area contributed by atoms with Gasteiger partial charge in [-0.15, -0.1) is 0 Å². The van der Waals surface area contributed by atoms with Crippen molar-refractivity contribution in [3.8, 4) is 0 Å². The van der Waals surface area contributed by atoms with E-state index in [1.54, 1.807) is 4.90 Å². The number of anilines is 1. The zero-order valence-corrected chi connectivity index (χ0v) is 9.85. The maximum Gasteiger partial charge on any atom is 0.227 e. The van der Waals surface area contributed by atoms with Crippen LogP contribution in [0.2, 0.25) is 0 Å². The number of aryl methyl sites for hydroxylation is 1. The molecule has 2 N–H and O–H groups in total. The van der Waals surface area contributed by atoms with Crippen molar-refractivity contribution in [1.82, 2.24) is 0 Å².